The van der Waals surface area contributed by atoms with Crippen LogP contribution in [0.3, 0.4) is 0 Å². The predicted octanol–water partition coefficient (Wildman–Crippen LogP) is 3.84. The minimum atomic E-state index is 0.0918. The van der Waals surface area contributed by atoms with Gasteiger partial charge in [0, 0.05) is 13.6 Å². The molecule has 4 heteroatoms. The van der Waals surface area contributed by atoms with Crippen molar-refractivity contribution in [1.82, 2.24) is 10.6 Å². The fourth-order valence-electron chi connectivity index (χ4n) is 3.05. The summed E-state index contributed by atoms with van der Waals surface area (Å²) in [4.78, 5) is 4.35. The zero-order chi connectivity index (χ0) is 17.0. The lowest BCUT2D eigenvalue weighted by molar-refractivity contribution is 0.438. The second-order valence-electron chi connectivity index (χ2n) is 6.90. The highest BCUT2D eigenvalue weighted by molar-refractivity contribution is 5.80. The fourth-order valence-corrected chi connectivity index (χ4v) is 3.05. The van der Waals surface area contributed by atoms with E-state index in [1.807, 2.05) is 26.1 Å². The topological polar surface area (TPSA) is 49.6 Å². The van der Waals surface area contributed by atoms with Gasteiger partial charge in [0.25, 0.3) is 0 Å². The maximum absolute atomic E-state index is 5.68. The van der Waals surface area contributed by atoms with Crippen molar-refractivity contribution in [3.63, 3.8) is 0 Å². The summed E-state index contributed by atoms with van der Waals surface area (Å²) in [6.45, 7) is 5.00. The van der Waals surface area contributed by atoms with Crippen molar-refractivity contribution in [2.24, 2.45) is 10.4 Å². The van der Waals surface area contributed by atoms with E-state index >= 15 is 0 Å². The van der Waals surface area contributed by atoms with Gasteiger partial charge in [0.1, 0.15) is 11.5 Å². The van der Waals surface area contributed by atoms with Crippen LogP contribution in [0.5, 0.6) is 0 Å². The Morgan fingerprint density at radius 3 is 2.54 bits per heavy atom. The number of hydrogen-bond acceptors (Lipinski definition) is 2. The van der Waals surface area contributed by atoms with Crippen LogP contribution < -0.4 is 10.6 Å². The number of nitrogens with one attached hydrogen (secondary N) is 2. The molecular formula is C20H27N3O. The van der Waals surface area contributed by atoms with E-state index in [0.717, 1.165) is 30.4 Å². The van der Waals surface area contributed by atoms with Gasteiger partial charge in [-0.05, 0) is 56.2 Å². The van der Waals surface area contributed by atoms with Crippen LogP contribution in [0.15, 0.2) is 51.9 Å². The lowest BCUT2D eigenvalue weighted by Crippen LogP contribution is -2.41. The summed E-state index contributed by atoms with van der Waals surface area (Å²) >= 11 is 0. The molecule has 0 radical (unpaired) electrons. The molecule has 2 N–H and O–H groups in total. The predicted molar refractivity (Wildman–Crippen MR) is 98.2 cm³/mol. The lowest BCUT2D eigenvalue weighted by Gasteiger charge is -2.20. The second kappa shape index (κ2) is 7.12. The fraction of sp³-hybridized carbons (Fsp3) is 0.450. The smallest absolute Gasteiger partial charge is 0.191 e. The van der Waals surface area contributed by atoms with E-state index in [2.05, 4.69) is 52.9 Å². The van der Waals surface area contributed by atoms with E-state index in [0.29, 0.717) is 5.41 Å². The van der Waals surface area contributed by atoms with Crippen molar-refractivity contribution in [3.05, 3.63) is 59.5 Å². The maximum atomic E-state index is 5.68. The molecule has 128 valence electrons. The molecule has 0 aliphatic heterocycles. The highest BCUT2D eigenvalue weighted by Crippen LogP contribution is 2.47. The summed E-state index contributed by atoms with van der Waals surface area (Å²) in [6.07, 6.45) is 3.68. The Labute approximate surface area is 144 Å². The van der Waals surface area contributed by atoms with E-state index in [1.54, 1.807) is 0 Å². The van der Waals surface area contributed by atoms with Gasteiger partial charge >= 0.3 is 0 Å². The number of rotatable bonds is 6. The van der Waals surface area contributed by atoms with Gasteiger partial charge in [0.2, 0.25) is 0 Å². The van der Waals surface area contributed by atoms with E-state index in [-0.39, 0.29) is 6.04 Å². The number of hydrogen-bond donors (Lipinski definition) is 2. The number of benzene rings is 1. The van der Waals surface area contributed by atoms with Crippen molar-refractivity contribution < 1.29 is 4.42 Å². The molecule has 0 spiro atoms. The van der Waals surface area contributed by atoms with Crippen LogP contribution >= 0.6 is 0 Å². The zero-order valence-corrected chi connectivity index (χ0v) is 14.8. The van der Waals surface area contributed by atoms with Gasteiger partial charge in [-0.3, -0.25) is 4.99 Å². The third-order valence-electron chi connectivity index (χ3n) is 4.77. The molecule has 1 atom stereocenters. The van der Waals surface area contributed by atoms with Crippen LogP contribution in [-0.2, 0) is 6.42 Å². The van der Waals surface area contributed by atoms with Crippen LogP contribution in [0.1, 0.15) is 42.9 Å². The Bertz CT molecular complexity index is 686. The van der Waals surface area contributed by atoms with Crippen LogP contribution in [0.25, 0.3) is 0 Å². The average molecular weight is 325 g/mol. The molecule has 0 saturated heterocycles. The number of guanidine groups is 1. The van der Waals surface area contributed by atoms with Gasteiger partial charge in [-0.15, -0.1) is 0 Å². The molecule has 1 aromatic heterocycles. The van der Waals surface area contributed by atoms with Crippen LogP contribution in [0.2, 0.25) is 0 Å². The molecule has 3 rings (SSSR count). The van der Waals surface area contributed by atoms with Gasteiger partial charge in [0.15, 0.2) is 5.96 Å². The highest BCUT2D eigenvalue weighted by Gasteiger charge is 2.42. The third-order valence-corrected chi connectivity index (χ3v) is 4.77. The van der Waals surface area contributed by atoms with Crippen LogP contribution in [0.4, 0.5) is 0 Å². The summed E-state index contributed by atoms with van der Waals surface area (Å²) < 4.78 is 5.68. The van der Waals surface area contributed by atoms with Crippen molar-refractivity contribution in [1.29, 1.82) is 0 Å². The number of aliphatic imine (C=N–C) groups is 1. The summed E-state index contributed by atoms with van der Waals surface area (Å²) in [5, 5.41) is 6.90. The first-order valence-electron chi connectivity index (χ1n) is 8.68. The normalized spacial score (nSPS) is 17.4. The molecule has 4 nitrogen and oxygen atoms in total. The monoisotopic (exact) mass is 325 g/mol. The third kappa shape index (κ3) is 4.19. The molecule has 1 heterocycles. The van der Waals surface area contributed by atoms with Gasteiger partial charge in [0.05, 0.1) is 6.04 Å². The summed E-state index contributed by atoms with van der Waals surface area (Å²) in [7, 11) is 1.81. The second-order valence-corrected chi connectivity index (χ2v) is 6.90. The average Bonchev–Trinajstić information content (AvgIpc) is 3.21. The molecule has 2 aromatic rings. The van der Waals surface area contributed by atoms with Crippen molar-refractivity contribution in [2.75, 3.05) is 13.6 Å². The number of nitrogens with zero attached hydrogens (tertiary/aromatic N) is 1. The van der Waals surface area contributed by atoms with E-state index in [1.165, 1.54) is 18.4 Å². The molecule has 1 aliphatic rings. The van der Waals surface area contributed by atoms with Gasteiger partial charge < -0.3 is 15.1 Å². The molecule has 1 aromatic carbocycles. The Kier molecular flexibility index (Phi) is 4.93. The van der Waals surface area contributed by atoms with E-state index in [4.69, 9.17) is 4.42 Å². The van der Waals surface area contributed by atoms with Crippen molar-refractivity contribution in [2.45, 2.75) is 39.2 Å². The zero-order valence-electron chi connectivity index (χ0n) is 14.8. The van der Waals surface area contributed by atoms with Gasteiger partial charge in [-0.2, -0.15) is 0 Å². The molecular weight excluding hydrogens is 298 g/mol. The van der Waals surface area contributed by atoms with Crippen LogP contribution in [-0.4, -0.2) is 19.6 Å². The Morgan fingerprint density at radius 2 is 1.96 bits per heavy atom. The first kappa shape index (κ1) is 16.6. The molecule has 1 saturated carbocycles. The maximum Gasteiger partial charge on any atom is 0.191 e. The molecule has 24 heavy (non-hydrogen) atoms. The minimum Gasteiger partial charge on any atom is -0.464 e. The number of aryl methyl sites for hydroxylation is 1. The number of furan rings is 1. The molecule has 1 aliphatic carbocycles. The first-order valence-corrected chi connectivity index (χ1v) is 8.68. The Morgan fingerprint density at radius 1 is 1.21 bits per heavy atom. The summed E-state index contributed by atoms with van der Waals surface area (Å²) in [5.74, 6) is 2.69. The van der Waals surface area contributed by atoms with Gasteiger partial charge in [-0.1, -0.05) is 30.3 Å². The minimum absolute atomic E-state index is 0.0918. The summed E-state index contributed by atoms with van der Waals surface area (Å²) in [6, 6.07) is 14.8. The van der Waals surface area contributed by atoms with Crippen molar-refractivity contribution in [3.8, 4) is 0 Å². The largest absolute Gasteiger partial charge is 0.464 e. The van der Waals surface area contributed by atoms with Crippen LogP contribution in [0, 0.1) is 12.3 Å². The first-order chi connectivity index (χ1) is 11.6. The lowest BCUT2D eigenvalue weighted by atomic mass is 9.96. The summed E-state index contributed by atoms with van der Waals surface area (Å²) in [5.41, 5.74) is 1.79. The van der Waals surface area contributed by atoms with Gasteiger partial charge in [-0.25, -0.2) is 0 Å². The standard InChI is InChI=1S/C20H27N3O/c1-15-9-10-18(24-15)16(2)23-19(21-3)22-14-20(11-12-20)13-17-7-5-4-6-8-17/h4-10,16H,11-14H2,1-3H3,(H2,21,22,23). The Balaban J connectivity index is 1.53. The van der Waals surface area contributed by atoms with E-state index in [9.17, 15) is 0 Å². The highest BCUT2D eigenvalue weighted by atomic mass is 16.3. The van der Waals surface area contributed by atoms with Crippen molar-refractivity contribution >= 4 is 5.96 Å². The Hall–Kier alpha value is -2.23. The molecule has 1 fully saturated rings. The molecule has 1 unspecified atom stereocenters. The van der Waals surface area contributed by atoms with E-state index < -0.39 is 0 Å². The quantitative estimate of drug-likeness (QED) is 0.627. The SMILES string of the molecule is CN=C(NCC1(Cc2ccccc2)CC1)NC(C)c1ccc(C)o1. The molecule has 0 amide bonds. The molecule has 0 bridgehead atoms.